The minimum Gasteiger partial charge on any atom is -0.467 e. The number of rotatable bonds is 4. The highest BCUT2D eigenvalue weighted by molar-refractivity contribution is 7.89. The van der Waals surface area contributed by atoms with Crippen LogP contribution in [0.2, 0.25) is 0 Å². The molecule has 2 aliphatic rings. The number of nitrogens with zero attached hydrogens (tertiary/aromatic N) is 2. The number of carbonyl (C=O) groups excluding carboxylic acids is 1. The van der Waals surface area contributed by atoms with Crippen LogP contribution in [0.5, 0.6) is 0 Å². The van der Waals surface area contributed by atoms with Crippen LogP contribution >= 0.6 is 0 Å². The molecule has 9 heteroatoms. The number of morpholine rings is 2. The van der Waals surface area contributed by atoms with Gasteiger partial charge in [-0.05, 0) is 31.2 Å². The number of carbonyl (C=O) groups is 1. The minimum atomic E-state index is -3.58. The van der Waals surface area contributed by atoms with E-state index in [0.717, 1.165) is 5.56 Å². The summed E-state index contributed by atoms with van der Waals surface area (Å²) in [7, 11) is -3.58. The van der Waals surface area contributed by atoms with Crippen molar-refractivity contribution in [3.8, 4) is 0 Å². The fourth-order valence-corrected chi connectivity index (χ4v) is 5.07. The van der Waals surface area contributed by atoms with E-state index < -0.39 is 10.0 Å². The molecule has 4 rings (SSSR count). The molecule has 0 spiro atoms. The molecule has 2 atom stereocenters. The molecule has 2 aromatic rings. The van der Waals surface area contributed by atoms with Crippen LogP contribution in [0.1, 0.15) is 11.3 Å². The molecule has 1 aromatic carbocycles. The van der Waals surface area contributed by atoms with Gasteiger partial charge in [-0.25, -0.2) is 13.2 Å². The topological polar surface area (TPSA) is 92.1 Å². The molecule has 2 aliphatic heterocycles. The number of urea groups is 1. The predicted octanol–water partition coefficient (Wildman–Crippen LogP) is 1.57. The van der Waals surface area contributed by atoms with Gasteiger partial charge in [0.1, 0.15) is 5.76 Å². The molecular weight excluding hydrogens is 382 g/mol. The second-order valence-electron chi connectivity index (χ2n) is 7.16. The van der Waals surface area contributed by atoms with Gasteiger partial charge in [-0.3, -0.25) is 0 Å². The molecule has 28 heavy (non-hydrogen) atoms. The lowest BCUT2D eigenvalue weighted by Gasteiger charge is -2.45. The zero-order chi connectivity index (χ0) is 19.7. The van der Waals surface area contributed by atoms with Crippen LogP contribution in [0.4, 0.5) is 4.79 Å². The van der Waals surface area contributed by atoms with Crippen LogP contribution in [0.25, 0.3) is 0 Å². The maximum atomic E-state index is 12.9. The molecule has 0 radical (unpaired) electrons. The van der Waals surface area contributed by atoms with Crippen LogP contribution in [-0.2, 0) is 21.3 Å². The summed E-state index contributed by atoms with van der Waals surface area (Å²) in [5.74, 6) is 0.678. The maximum absolute atomic E-state index is 12.9. The number of nitrogens with one attached hydrogen (secondary N) is 1. The van der Waals surface area contributed by atoms with E-state index in [1.165, 1.54) is 4.31 Å². The highest BCUT2D eigenvalue weighted by Crippen LogP contribution is 2.25. The number of aryl methyl sites for hydroxylation is 1. The van der Waals surface area contributed by atoms with E-state index in [-0.39, 0.29) is 36.2 Å². The van der Waals surface area contributed by atoms with Crippen LogP contribution < -0.4 is 5.32 Å². The van der Waals surface area contributed by atoms with E-state index in [9.17, 15) is 13.2 Å². The molecule has 0 saturated carbocycles. The van der Waals surface area contributed by atoms with Gasteiger partial charge in [0.15, 0.2) is 0 Å². The SMILES string of the molecule is Cc1ccc(S(=O)(=O)N2C[C@H]3CN(C(=O)NCc4ccco4)C[C@@H](C2)O3)cc1. The highest BCUT2D eigenvalue weighted by atomic mass is 32.2. The first-order chi connectivity index (χ1) is 13.4. The normalized spacial score (nSPS) is 22.8. The van der Waals surface area contributed by atoms with Crippen molar-refractivity contribution in [2.45, 2.75) is 30.6 Å². The van der Waals surface area contributed by atoms with E-state index in [1.54, 1.807) is 47.6 Å². The van der Waals surface area contributed by atoms with Crippen molar-refractivity contribution in [2.24, 2.45) is 0 Å². The molecule has 2 bridgehead atoms. The van der Waals surface area contributed by atoms with Crippen molar-refractivity contribution in [3.63, 3.8) is 0 Å². The van der Waals surface area contributed by atoms with Crippen LogP contribution in [-0.4, -0.2) is 62.0 Å². The van der Waals surface area contributed by atoms with Gasteiger partial charge in [0.05, 0.1) is 43.0 Å². The molecule has 0 aliphatic carbocycles. The summed E-state index contributed by atoms with van der Waals surface area (Å²) in [6, 6.07) is 10.2. The van der Waals surface area contributed by atoms with Gasteiger partial charge in [0.25, 0.3) is 0 Å². The number of ether oxygens (including phenoxy) is 1. The average Bonchev–Trinajstić information content (AvgIpc) is 3.19. The second-order valence-corrected chi connectivity index (χ2v) is 9.10. The van der Waals surface area contributed by atoms with E-state index in [1.807, 2.05) is 6.92 Å². The molecule has 2 amide bonds. The predicted molar refractivity (Wildman–Crippen MR) is 101 cm³/mol. The van der Waals surface area contributed by atoms with Gasteiger partial charge >= 0.3 is 6.03 Å². The number of hydrogen-bond donors (Lipinski definition) is 1. The van der Waals surface area contributed by atoms with Crippen LogP contribution in [0.3, 0.4) is 0 Å². The molecular formula is C19H23N3O5S. The van der Waals surface area contributed by atoms with E-state index in [0.29, 0.717) is 25.4 Å². The number of benzene rings is 1. The lowest BCUT2D eigenvalue weighted by Crippen LogP contribution is -2.62. The van der Waals surface area contributed by atoms with Gasteiger partial charge in [-0.2, -0.15) is 4.31 Å². The Morgan fingerprint density at radius 1 is 1.11 bits per heavy atom. The number of amides is 2. The molecule has 1 N–H and O–H groups in total. The van der Waals surface area contributed by atoms with Crippen molar-refractivity contribution in [2.75, 3.05) is 26.2 Å². The molecule has 150 valence electrons. The molecule has 3 heterocycles. The molecule has 2 saturated heterocycles. The number of furan rings is 1. The van der Waals surface area contributed by atoms with Gasteiger partial charge in [-0.1, -0.05) is 17.7 Å². The summed E-state index contributed by atoms with van der Waals surface area (Å²) in [5.41, 5.74) is 1.01. The molecule has 2 fully saturated rings. The molecule has 8 nitrogen and oxygen atoms in total. The summed E-state index contributed by atoms with van der Waals surface area (Å²) in [6.45, 7) is 3.39. The summed E-state index contributed by atoms with van der Waals surface area (Å²) < 4.78 is 38.5. The van der Waals surface area contributed by atoms with Crippen molar-refractivity contribution < 1.29 is 22.4 Å². The number of fused-ring (bicyclic) bond motifs is 2. The smallest absolute Gasteiger partial charge is 0.317 e. The van der Waals surface area contributed by atoms with Crippen LogP contribution in [0.15, 0.2) is 52.0 Å². The van der Waals surface area contributed by atoms with Gasteiger partial charge in [0.2, 0.25) is 10.0 Å². The lowest BCUT2D eigenvalue weighted by atomic mass is 10.1. The summed E-state index contributed by atoms with van der Waals surface area (Å²) in [4.78, 5) is 14.4. The average molecular weight is 405 g/mol. The van der Waals surface area contributed by atoms with E-state index in [4.69, 9.17) is 9.15 Å². The third-order valence-electron chi connectivity index (χ3n) is 4.99. The molecule has 1 aromatic heterocycles. The van der Waals surface area contributed by atoms with Gasteiger partial charge < -0.3 is 19.4 Å². The first kappa shape index (κ1) is 19.0. The quantitative estimate of drug-likeness (QED) is 0.834. The largest absolute Gasteiger partial charge is 0.467 e. The zero-order valence-electron chi connectivity index (χ0n) is 15.6. The fourth-order valence-electron chi connectivity index (χ4n) is 3.56. The standard InChI is InChI=1S/C19H23N3O5S/c1-14-4-6-18(7-5-14)28(24,25)22-12-16-10-21(11-17(13-22)27-16)19(23)20-9-15-3-2-8-26-15/h2-8,16-17H,9-13H2,1H3,(H,20,23)/t16-,17+. The third kappa shape index (κ3) is 3.91. The fraction of sp³-hybridized carbons (Fsp3) is 0.421. The zero-order valence-corrected chi connectivity index (χ0v) is 16.4. The first-order valence-electron chi connectivity index (χ1n) is 9.19. The van der Waals surface area contributed by atoms with Crippen molar-refractivity contribution in [1.29, 1.82) is 0 Å². The Morgan fingerprint density at radius 2 is 1.79 bits per heavy atom. The monoisotopic (exact) mass is 405 g/mol. The van der Waals surface area contributed by atoms with E-state index in [2.05, 4.69) is 5.32 Å². The van der Waals surface area contributed by atoms with Gasteiger partial charge in [0, 0.05) is 13.1 Å². The van der Waals surface area contributed by atoms with Crippen molar-refractivity contribution >= 4 is 16.1 Å². The number of hydrogen-bond acceptors (Lipinski definition) is 5. The van der Waals surface area contributed by atoms with Crippen molar-refractivity contribution in [1.82, 2.24) is 14.5 Å². The lowest BCUT2D eigenvalue weighted by molar-refractivity contribution is -0.111. The highest BCUT2D eigenvalue weighted by Gasteiger charge is 2.41. The Kier molecular flexibility index (Phi) is 5.13. The summed E-state index contributed by atoms with van der Waals surface area (Å²) >= 11 is 0. The Bertz CT molecular complexity index is 913. The Balaban J connectivity index is 1.39. The van der Waals surface area contributed by atoms with Crippen molar-refractivity contribution in [3.05, 3.63) is 54.0 Å². The Hall–Kier alpha value is -2.36. The Labute approximate surface area is 164 Å². The van der Waals surface area contributed by atoms with Crippen LogP contribution in [0, 0.1) is 6.92 Å². The number of sulfonamides is 1. The maximum Gasteiger partial charge on any atom is 0.317 e. The summed E-state index contributed by atoms with van der Waals surface area (Å²) in [6.07, 6.45) is 0.869. The Morgan fingerprint density at radius 3 is 2.39 bits per heavy atom. The van der Waals surface area contributed by atoms with Gasteiger partial charge in [-0.15, -0.1) is 0 Å². The first-order valence-corrected chi connectivity index (χ1v) is 10.6. The van der Waals surface area contributed by atoms with E-state index >= 15 is 0 Å². The second kappa shape index (κ2) is 7.57. The third-order valence-corrected chi connectivity index (χ3v) is 6.83. The minimum absolute atomic E-state index is 0.204. The molecule has 0 unspecified atom stereocenters. The summed E-state index contributed by atoms with van der Waals surface area (Å²) in [5, 5.41) is 2.82.